The third-order valence-corrected chi connectivity index (χ3v) is 5.11. The third-order valence-electron chi connectivity index (χ3n) is 4.04. The molecular formula is C21H28N4S. The maximum atomic E-state index is 5.60. The summed E-state index contributed by atoms with van der Waals surface area (Å²) in [5.74, 6) is 0.562. The first-order valence-electron chi connectivity index (χ1n) is 9.06. The maximum absolute atomic E-state index is 5.60. The van der Waals surface area contributed by atoms with Gasteiger partial charge < -0.3 is 10.6 Å². The Balaban J connectivity index is 0.000000298. The van der Waals surface area contributed by atoms with Crippen molar-refractivity contribution in [1.29, 1.82) is 0 Å². The fourth-order valence-electron chi connectivity index (χ4n) is 2.56. The Morgan fingerprint density at radius 1 is 1.04 bits per heavy atom. The fraction of sp³-hybridized carbons (Fsp3) is 0.333. The van der Waals surface area contributed by atoms with Crippen molar-refractivity contribution in [2.45, 2.75) is 27.7 Å². The van der Waals surface area contributed by atoms with Crippen LogP contribution >= 0.6 is 11.3 Å². The van der Waals surface area contributed by atoms with E-state index in [2.05, 4.69) is 47.8 Å². The van der Waals surface area contributed by atoms with E-state index in [4.69, 9.17) is 5.73 Å². The Morgan fingerprint density at radius 2 is 1.69 bits per heavy atom. The van der Waals surface area contributed by atoms with Crippen molar-refractivity contribution in [2.24, 2.45) is 10.7 Å². The van der Waals surface area contributed by atoms with Gasteiger partial charge in [0.15, 0.2) is 0 Å². The molecular weight excluding hydrogens is 340 g/mol. The van der Waals surface area contributed by atoms with E-state index in [1.807, 2.05) is 36.4 Å². The molecule has 0 unspecified atom stereocenters. The number of benzene rings is 2. The molecule has 26 heavy (non-hydrogen) atoms. The summed E-state index contributed by atoms with van der Waals surface area (Å²) in [5, 5.41) is 1.03. The molecule has 1 heterocycles. The van der Waals surface area contributed by atoms with Gasteiger partial charge in [0.05, 0.1) is 21.7 Å². The lowest BCUT2D eigenvalue weighted by Crippen LogP contribution is -2.21. The summed E-state index contributed by atoms with van der Waals surface area (Å²) in [5.41, 5.74) is 8.61. The molecule has 0 amide bonds. The van der Waals surface area contributed by atoms with Gasteiger partial charge in [-0.25, -0.2) is 9.98 Å². The highest BCUT2D eigenvalue weighted by Crippen LogP contribution is 2.32. The van der Waals surface area contributed by atoms with Crippen LogP contribution in [0.1, 0.15) is 27.7 Å². The number of hydrogen-bond donors (Lipinski definition) is 1. The van der Waals surface area contributed by atoms with Crippen LogP contribution in [-0.4, -0.2) is 35.4 Å². The second-order valence-corrected chi connectivity index (χ2v) is 6.94. The lowest BCUT2D eigenvalue weighted by atomic mass is 10.2. The number of nitrogens with zero attached hydrogens (tertiary/aromatic N) is 3. The summed E-state index contributed by atoms with van der Waals surface area (Å²) in [6.07, 6.45) is 0. The number of nitrogens with two attached hydrogens (primary N) is 1. The van der Waals surface area contributed by atoms with E-state index in [-0.39, 0.29) is 0 Å². The van der Waals surface area contributed by atoms with E-state index >= 15 is 0 Å². The molecule has 0 aliphatic heterocycles. The highest BCUT2D eigenvalue weighted by molar-refractivity contribution is 7.21. The van der Waals surface area contributed by atoms with Crippen molar-refractivity contribution < 1.29 is 0 Å². The first-order chi connectivity index (χ1) is 12.6. The van der Waals surface area contributed by atoms with Crippen molar-refractivity contribution in [3.8, 4) is 10.6 Å². The Bertz CT molecular complexity index is 826. The Kier molecular flexibility index (Phi) is 7.75. The van der Waals surface area contributed by atoms with Crippen molar-refractivity contribution in [1.82, 2.24) is 9.88 Å². The molecule has 4 nitrogen and oxygen atoms in total. The van der Waals surface area contributed by atoms with Gasteiger partial charge in [-0.05, 0) is 44.8 Å². The summed E-state index contributed by atoms with van der Waals surface area (Å²) in [6, 6.07) is 16.1. The molecule has 0 bridgehead atoms. The summed E-state index contributed by atoms with van der Waals surface area (Å²) in [7, 11) is 0. The van der Waals surface area contributed by atoms with Crippen LogP contribution in [0.4, 0.5) is 5.69 Å². The Hall–Kier alpha value is -2.24. The largest absolute Gasteiger partial charge is 0.387 e. The summed E-state index contributed by atoms with van der Waals surface area (Å²) < 4.78 is 1.13. The van der Waals surface area contributed by atoms with E-state index in [9.17, 15) is 0 Å². The predicted octanol–water partition coefficient (Wildman–Crippen LogP) is 5.32. The quantitative estimate of drug-likeness (QED) is 0.490. The topological polar surface area (TPSA) is 54.5 Å². The summed E-state index contributed by atoms with van der Waals surface area (Å²) in [4.78, 5) is 11.3. The number of fused-ring (bicyclic) bond motifs is 1. The molecule has 5 heteroatoms. The minimum absolute atomic E-state index is 0.562. The highest BCUT2D eigenvalue weighted by atomic mass is 32.1. The number of aliphatic imine (C=N–C) groups is 1. The van der Waals surface area contributed by atoms with Crippen LogP contribution in [-0.2, 0) is 0 Å². The average molecular weight is 369 g/mol. The van der Waals surface area contributed by atoms with Gasteiger partial charge in [-0.2, -0.15) is 0 Å². The first-order valence-corrected chi connectivity index (χ1v) is 9.88. The van der Waals surface area contributed by atoms with Gasteiger partial charge in [-0.1, -0.05) is 51.1 Å². The van der Waals surface area contributed by atoms with Gasteiger partial charge in [0.25, 0.3) is 0 Å². The van der Waals surface area contributed by atoms with Crippen LogP contribution in [0.5, 0.6) is 0 Å². The number of hydrogen-bond acceptors (Lipinski definition) is 4. The number of aromatic nitrogens is 1. The zero-order chi connectivity index (χ0) is 18.9. The van der Waals surface area contributed by atoms with Crippen molar-refractivity contribution >= 4 is 33.1 Å². The minimum Gasteiger partial charge on any atom is -0.387 e. The molecule has 0 aliphatic rings. The smallest absolute Gasteiger partial charge is 0.124 e. The van der Waals surface area contributed by atoms with Crippen LogP contribution in [0.3, 0.4) is 0 Å². The van der Waals surface area contributed by atoms with E-state index in [0.717, 1.165) is 26.5 Å². The van der Waals surface area contributed by atoms with Gasteiger partial charge in [0, 0.05) is 5.56 Å². The van der Waals surface area contributed by atoms with E-state index in [1.165, 1.54) is 19.6 Å². The predicted molar refractivity (Wildman–Crippen MR) is 115 cm³/mol. The highest BCUT2D eigenvalue weighted by Gasteiger charge is 2.06. The lowest BCUT2D eigenvalue weighted by molar-refractivity contribution is 0.321. The standard InChI is InChI=1S/C15H13N3S.C6H15N/c1-10(16)17-12-7-8-13-14(9-12)19-15(18-13)11-5-3-2-4-6-11;1-4-7(5-2)6-3/h2-9H,1H3,(H2,16,17);4-6H2,1-3H3. The second kappa shape index (κ2) is 10.0. The monoisotopic (exact) mass is 368 g/mol. The second-order valence-electron chi connectivity index (χ2n) is 5.91. The minimum atomic E-state index is 0.562. The van der Waals surface area contributed by atoms with Gasteiger partial charge in [-0.3, -0.25) is 0 Å². The van der Waals surface area contributed by atoms with E-state index in [0.29, 0.717) is 5.84 Å². The molecule has 0 spiro atoms. The van der Waals surface area contributed by atoms with Gasteiger partial charge in [0.2, 0.25) is 0 Å². The van der Waals surface area contributed by atoms with Crippen LogP contribution in [0, 0.1) is 0 Å². The molecule has 138 valence electrons. The van der Waals surface area contributed by atoms with E-state index in [1.54, 1.807) is 18.3 Å². The maximum Gasteiger partial charge on any atom is 0.124 e. The van der Waals surface area contributed by atoms with Crippen LogP contribution in [0.25, 0.3) is 20.8 Å². The molecule has 0 saturated heterocycles. The van der Waals surface area contributed by atoms with Gasteiger partial charge in [-0.15, -0.1) is 11.3 Å². The van der Waals surface area contributed by atoms with Gasteiger partial charge >= 0.3 is 0 Å². The number of amidine groups is 1. The zero-order valence-corrected chi connectivity index (χ0v) is 16.9. The molecule has 0 fully saturated rings. The van der Waals surface area contributed by atoms with Crippen molar-refractivity contribution in [2.75, 3.05) is 19.6 Å². The summed E-state index contributed by atoms with van der Waals surface area (Å²) >= 11 is 1.67. The normalized spacial score (nSPS) is 11.5. The molecule has 0 radical (unpaired) electrons. The van der Waals surface area contributed by atoms with Crippen molar-refractivity contribution in [3.63, 3.8) is 0 Å². The van der Waals surface area contributed by atoms with Gasteiger partial charge in [0.1, 0.15) is 5.01 Å². The zero-order valence-electron chi connectivity index (χ0n) is 16.1. The molecule has 1 aromatic heterocycles. The van der Waals surface area contributed by atoms with Crippen LogP contribution in [0.2, 0.25) is 0 Å². The molecule has 3 aromatic rings. The van der Waals surface area contributed by atoms with Crippen molar-refractivity contribution in [3.05, 3.63) is 48.5 Å². The third kappa shape index (κ3) is 5.64. The molecule has 2 N–H and O–H groups in total. The van der Waals surface area contributed by atoms with Crippen LogP contribution < -0.4 is 5.73 Å². The number of thiazole rings is 1. The summed E-state index contributed by atoms with van der Waals surface area (Å²) in [6.45, 7) is 11.9. The molecule has 0 aliphatic carbocycles. The first kappa shape index (κ1) is 20.1. The number of rotatable bonds is 5. The van der Waals surface area contributed by atoms with E-state index < -0.39 is 0 Å². The molecule has 0 saturated carbocycles. The van der Waals surface area contributed by atoms with Crippen LogP contribution in [0.15, 0.2) is 53.5 Å². The Morgan fingerprint density at radius 3 is 2.23 bits per heavy atom. The Labute approximate surface area is 160 Å². The molecule has 2 aromatic carbocycles. The lowest BCUT2D eigenvalue weighted by Gasteiger charge is -2.13. The molecule has 0 atom stereocenters. The average Bonchev–Trinajstić information content (AvgIpc) is 3.07. The fourth-order valence-corrected chi connectivity index (χ4v) is 3.57. The SMILES string of the molecule is CC(N)=Nc1ccc2nc(-c3ccccc3)sc2c1.CCN(CC)CC. The molecule has 3 rings (SSSR count).